The Kier molecular flexibility index (Phi) is 8.55. The number of nitrogens with zero attached hydrogens (tertiary/aromatic N) is 4. The van der Waals surface area contributed by atoms with E-state index in [1.807, 2.05) is 24.3 Å². The molecule has 0 aromatic heterocycles. The van der Waals surface area contributed by atoms with Crippen LogP contribution in [-0.2, 0) is 12.8 Å². The lowest BCUT2D eigenvalue weighted by Crippen LogP contribution is -2.41. The molecule has 13 rings (SSSR count). The number of amides is 4. The second kappa shape index (κ2) is 14.8. The lowest BCUT2D eigenvalue weighted by molar-refractivity contribution is 0.0593. The van der Waals surface area contributed by atoms with Gasteiger partial charge in [-0.25, -0.2) is 0 Å². The third-order valence-electron chi connectivity index (χ3n) is 14.5. The molecule has 0 unspecified atom stereocenters. The standard InChI is InChI=1S/C60H36N4O4/c61-31-43-29-49-53-47(57(65)63(59(49)67)21-5-7-33-13-15-39-25-35-9-1-3-11-37(35)27-41(39)23-33)19-17-45-52-44(32-62)30-50-54-48(20-18-46(56(52)54)51(43)55(45)53)58(66)64(60(50)68)22-6-8-34-14-16-40-26-36-10-2-4-12-38(36)28-42(40)24-34/h1-4,9-20,23-30H,5-8,21-22H2. The highest BCUT2D eigenvalue weighted by molar-refractivity contribution is 6.42. The summed E-state index contributed by atoms with van der Waals surface area (Å²) in [5.41, 5.74) is 3.83. The number of nitriles is 2. The van der Waals surface area contributed by atoms with E-state index >= 15 is 0 Å². The molecule has 0 N–H and O–H groups in total. The molecule has 0 atom stereocenters. The number of imide groups is 2. The zero-order chi connectivity index (χ0) is 45.9. The molecule has 0 spiro atoms. The van der Waals surface area contributed by atoms with Gasteiger partial charge >= 0.3 is 0 Å². The predicted molar refractivity (Wildman–Crippen MR) is 267 cm³/mol. The average Bonchev–Trinajstić information content (AvgIpc) is 3.37. The number of rotatable bonds is 8. The van der Waals surface area contributed by atoms with Crippen molar-refractivity contribution in [3.63, 3.8) is 0 Å². The van der Waals surface area contributed by atoms with Crippen molar-refractivity contribution in [2.75, 3.05) is 13.1 Å². The minimum Gasteiger partial charge on any atom is -0.274 e. The highest BCUT2D eigenvalue weighted by atomic mass is 16.2. The first-order chi connectivity index (χ1) is 33.3. The third-order valence-corrected chi connectivity index (χ3v) is 14.5. The molecule has 2 aliphatic heterocycles. The quantitative estimate of drug-likeness (QED) is 0.0851. The van der Waals surface area contributed by atoms with Crippen LogP contribution < -0.4 is 0 Å². The molecule has 320 valence electrons. The highest BCUT2D eigenvalue weighted by Crippen LogP contribution is 2.48. The molecule has 0 bridgehead atoms. The van der Waals surface area contributed by atoms with Crippen LogP contribution in [0.3, 0.4) is 0 Å². The van der Waals surface area contributed by atoms with Crippen molar-refractivity contribution in [3.8, 4) is 12.1 Å². The monoisotopic (exact) mass is 876 g/mol. The molecule has 0 saturated heterocycles. The zero-order valence-corrected chi connectivity index (χ0v) is 36.5. The molecular weight excluding hydrogens is 841 g/mol. The van der Waals surface area contributed by atoms with E-state index in [9.17, 15) is 29.7 Å². The number of hydrogen-bond acceptors (Lipinski definition) is 6. The van der Waals surface area contributed by atoms with Crippen LogP contribution in [0.5, 0.6) is 0 Å². The van der Waals surface area contributed by atoms with Crippen molar-refractivity contribution in [1.82, 2.24) is 9.80 Å². The minimum atomic E-state index is -0.477. The summed E-state index contributed by atoms with van der Waals surface area (Å²) < 4.78 is 0. The lowest BCUT2D eigenvalue weighted by atomic mass is 9.79. The van der Waals surface area contributed by atoms with E-state index in [1.54, 1.807) is 36.4 Å². The van der Waals surface area contributed by atoms with Gasteiger partial charge in [0.25, 0.3) is 23.6 Å². The van der Waals surface area contributed by atoms with Crippen LogP contribution >= 0.6 is 0 Å². The summed E-state index contributed by atoms with van der Waals surface area (Å²) in [6, 6.07) is 52.7. The van der Waals surface area contributed by atoms with E-state index in [-0.39, 0.29) is 35.3 Å². The molecule has 11 aromatic rings. The number of fused-ring (bicyclic) bond motifs is 6. The molecule has 0 radical (unpaired) electrons. The summed E-state index contributed by atoms with van der Waals surface area (Å²) in [5.74, 6) is -1.79. The van der Waals surface area contributed by atoms with Crippen molar-refractivity contribution in [2.45, 2.75) is 25.7 Å². The highest BCUT2D eigenvalue weighted by Gasteiger charge is 2.38. The Morgan fingerprint density at radius 1 is 0.353 bits per heavy atom. The Labute approximate surface area is 388 Å². The van der Waals surface area contributed by atoms with E-state index < -0.39 is 23.6 Å². The Bertz CT molecular complexity index is 3960. The lowest BCUT2D eigenvalue weighted by Gasteiger charge is -2.30. The molecular formula is C60H36N4O4. The maximum absolute atomic E-state index is 14.5. The number of carbonyl (C=O) groups excluding carboxylic acids is 4. The Morgan fingerprint density at radius 2 is 0.721 bits per heavy atom. The van der Waals surface area contributed by atoms with Gasteiger partial charge in [-0.05, 0) is 139 Å². The SMILES string of the molecule is N#Cc1cc2c3c(ccc4c5c(C#N)cc6c7c(ccc(c1c34)c75)C(=O)N(CCCc1ccc3cc4ccccc4cc3c1)C6=O)C(=O)N(CCCc1ccc3cc4ccccc4cc3c1)C2=O. The molecule has 8 nitrogen and oxygen atoms in total. The van der Waals surface area contributed by atoms with E-state index in [1.165, 1.54) is 20.6 Å². The predicted octanol–water partition coefficient (Wildman–Crippen LogP) is 12.6. The molecule has 11 aromatic carbocycles. The van der Waals surface area contributed by atoms with E-state index in [2.05, 4.69) is 97.1 Å². The van der Waals surface area contributed by atoms with Crippen LogP contribution in [0.15, 0.2) is 146 Å². The second-order valence-electron chi connectivity index (χ2n) is 18.2. The largest absolute Gasteiger partial charge is 0.274 e. The molecule has 2 heterocycles. The van der Waals surface area contributed by atoms with E-state index in [4.69, 9.17) is 0 Å². The summed E-state index contributed by atoms with van der Waals surface area (Å²) in [7, 11) is 0. The molecule has 0 fully saturated rings. The van der Waals surface area contributed by atoms with Gasteiger partial charge in [0.1, 0.15) is 0 Å². The van der Waals surface area contributed by atoms with Gasteiger partial charge in [-0.2, -0.15) is 10.5 Å². The summed E-state index contributed by atoms with van der Waals surface area (Å²) >= 11 is 0. The normalized spacial score (nSPS) is 13.7. The minimum absolute atomic E-state index is 0.187. The number of aryl methyl sites for hydroxylation is 2. The van der Waals surface area contributed by atoms with Gasteiger partial charge in [-0.15, -0.1) is 0 Å². The molecule has 2 aliphatic rings. The summed E-state index contributed by atoms with van der Waals surface area (Å²) in [6.45, 7) is 0.373. The number of hydrogen-bond donors (Lipinski definition) is 0. The Morgan fingerprint density at radius 3 is 1.12 bits per heavy atom. The van der Waals surface area contributed by atoms with E-state index in [0.29, 0.717) is 79.9 Å². The van der Waals surface area contributed by atoms with Crippen LogP contribution in [0, 0.1) is 22.7 Å². The van der Waals surface area contributed by atoms with Gasteiger partial charge in [-0.1, -0.05) is 97.1 Å². The summed E-state index contributed by atoms with van der Waals surface area (Å²) in [6.07, 6.45) is 2.38. The molecule has 68 heavy (non-hydrogen) atoms. The van der Waals surface area contributed by atoms with Gasteiger partial charge in [0.05, 0.1) is 34.4 Å². The van der Waals surface area contributed by atoms with Crippen molar-refractivity contribution < 1.29 is 19.2 Å². The fourth-order valence-electron chi connectivity index (χ4n) is 11.3. The van der Waals surface area contributed by atoms with Crippen molar-refractivity contribution >= 4 is 110 Å². The Balaban J connectivity index is 0.836. The second-order valence-corrected chi connectivity index (χ2v) is 18.2. The molecule has 0 aliphatic carbocycles. The molecule has 0 saturated carbocycles. The Hall–Kier alpha value is -8.98. The van der Waals surface area contributed by atoms with Crippen LogP contribution in [0.4, 0.5) is 0 Å². The van der Waals surface area contributed by atoms with Gasteiger partial charge in [0.2, 0.25) is 0 Å². The number of benzene rings is 11. The molecule has 8 heteroatoms. The third kappa shape index (κ3) is 5.71. The smallest absolute Gasteiger partial charge is 0.261 e. The van der Waals surface area contributed by atoms with Gasteiger partial charge in [0, 0.05) is 56.5 Å². The fourth-order valence-corrected chi connectivity index (χ4v) is 11.3. The maximum atomic E-state index is 14.5. The maximum Gasteiger partial charge on any atom is 0.261 e. The first-order valence-corrected chi connectivity index (χ1v) is 22.9. The van der Waals surface area contributed by atoms with Crippen LogP contribution in [-0.4, -0.2) is 46.5 Å². The summed E-state index contributed by atoms with van der Waals surface area (Å²) in [5, 5.41) is 34.9. The summed E-state index contributed by atoms with van der Waals surface area (Å²) in [4.78, 5) is 60.3. The first kappa shape index (κ1) is 39.4. The van der Waals surface area contributed by atoms with Crippen molar-refractivity contribution in [1.29, 1.82) is 10.5 Å². The van der Waals surface area contributed by atoms with Gasteiger partial charge in [0.15, 0.2) is 0 Å². The average molecular weight is 877 g/mol. The zero-order valence-electron chi connectivity index (χ0n) is 36.5. The van der Waals surface area contributed by atoms with Crippen LogP contribution in [0.25, 0.3) is 86.2 Å². The van der Waals surface area contributed by atoms with E-state index in [0.717, 1.165) is 43.4 Å². The fraction of sp³-hybridized carbons (Fsp3) is 0.100. The van der Waals surface area contributed by atoms with Gasteiger partial charge < -0.3 is 0 Å². The van der Waals surface area contributed by atoms with Gasteiger partial charge in [-0.3, -0.25) is 29.0 Å². The molecule has 4 amide bonds. The van der Waals surface area contributed by atoms with Crippen molar-refractivity contribution in [2.24, 2.45) is 0 Å². The topological polar surface area (TPSA) is 122 Å². The van der Waals surface area contributed by atoms with Crippen LogP contribution in [0.1, 0.15) is 76.5 Å². The van der Waals surface area contributed by atoms with Crippen molar-refractivity contribution in [3.05, 3.63) is 190 Å². The van der Waals surface area contributed by atoms with Crippen LogP contribution in [0.2, 0.25) is 0 Å². The number of carbonyl (C=O) groups is 4. The first-order valence-electron chi connectivity index (χ1n) is 22.9.